The van der Waals surface area contributed by atoms with Gasteiger partial charge in [-0.25, -0.2) is 0 Å². The lowest BCUT2D eigenvalue weighted by Gasteiger charge is -2.22. The van der Waals surface area contributed by atoms with Crippen LogP contribution >= 0.6 is 11.6 Å². The van der Waals surface area contributed by atoms with Gasteiger partial charge in [-0.05, 0) is 23.3 Å². The first-order chi connectivity index (χ1) is 12.6. The minimum atomic E-state index is -0.0493. The fourth-order valence-electron chi connectivity index (χ4n) is 2.91. The maximum Gasteiger partial charge on any atom is 0.223 e. The van der Waals surface area contributed by atoms with Crippen LogP contribution in [-0.4, -0.2) is 27.8 Å². The third-order valence-electron chi connectivity index (χ3n) is 4.27. The topological polar surface area (TPSA) is 46.1 Å². The molecule has 0 N–H and O–H groups in total. The van der Waals surface area contributed by atoms with E-state index in [1.165, 1.54) is 0 Å². The van der Waals surface area contributed by atoms with Crippen LogP contribution in [0.3, 0.4) is 0 Å². The van der Waals surface area contributed by atoms with Gasteiger partial charge in [0.25, 0.3) is 0 Å². The van der Waals surface area contributed by atoms with Crippen LogP contribution in [0.15, 0.2) is 73.2 Å². The largest absolute Gasteiger partial charge is 0.340 e. The van der Waals surface area contributed by atoms with Crippen molar-refractivity contribution in [2.45, 2.75) is 18.9 Å². The third-order valence-corrected chi connectivity index (χ3v) is 4.51. The molecule has 0 bridgehead atoms. The lowest BCUT2D eigenvalue weighted by atomic mass is 9.88. The molecule has 5 heteroatoms. The Morgan fingerprint density at radius 2 is 1.85 bits per heavy atom. The van der Waals surface area contributed by atoms with Crippen LogP contribution < -0.4 is 0 Å². The van der Waals surface area contributed by atoms with Crippen molar-refractivity contribution in [3.8, 4) is 0 Å². The molecule has 0 aliphatic heterocycles. The van der Waals surface area contributed by atoms with E-state index in [-0.39, 0.29) is 11.8 Å². The van der Waals surface area contributed by atoms with Crippen molar-refractivity contribution in [2.75, 3.05) is 7.05 Å². The third kappa shape index (κ3) is 4.67. The maximum absolute atomic E-state index is 12.8. The molecule has 1 unspecified atom stereocenters. The Bertz CT molecular complexity index is 855. The Morgan fingerprint density at radius 3 is 2.54 bits per heavy atom. The summed E-state index contributed by atoms with van der Waals surface area (Å²) in [6.07, 6.45) is 5.29. The lowest BCUT2D eigenvalue weighted by molar-refractivity contribution is -0.130. The number of aromatic nitrogens is 2. The highest BCUT2D eigenvalue weighted by Crippen LogP contribution is 2.30. The SMILES string of the molecule is CN(Cc1cnccn1)C(=O)CC(c1ccccc1)c1cccc(Cl)c1. The van der Waals surface area contributed by atoms with Crippen LogP contribution in [0.1, 0.15) is 29.2 Å². The van der Waals surface area contributed by atoms with Gasteiger partial charge in [0.15, 0.2) is 0 Å². The first kappa shape index (κ1) is 18.1. The molecule has 0 aliphatic carbocycles. The van der Waals surface area contributed by atoms with Gasteiger partial charge < -0.3 is 4.90 Å². The van der Waals surface area contributed by atoms with Crippen LogP contribution in [-0.2, 0) is 11.3 Å². The fraction of sp³-hybridized carbons (Fsp3) is 0.190. The molecular weight excluding hydrogens is 346 g/mol. The molecule has 0 saturated carbocycles. The summed E-state index contributed by atoms with van der Waals surface area (Å²) >= 11 is 6.17. The van der Waals surface area contributed by atoms with Gasteiger partial charge in [-0.15, -0.1) is 0 Å². The minimum Gasteiger partial charge on any atom is -0.340 e. The van der Waals surface area contributed by atoms with Gasteiger partial charge in [-0.1, -0.05) is 54.1 Å². The summed E-state index contributed by atoms with van der Waals surface area (Å²) in [5.41, 5.74) is 2.89. The number of benzene rings is 2. The number of carbonyl (C=O) groups excluding carboxylic acids is 1. The van der Waals surface area contributed by atoms with Gasteiger partial charge in [0, 0.05) is 36.8 Å². The van der Waals surface area contributed by atoms with E-state index in [9.17, 15) is 4.79 Å². The van der Waals surface area contributed by atoms with E-state index >= 15 is 0 Å². The number of hydrogen-bond donors (Lipinski definition) is 0. The van der Waals surface area contributed by atoms with Crippen LogP contribution in [0, 0.1) is 0 Å². The minimum absolute atomic E-state index is 0.0458. The molecule has 0 aliphatic rings. The van der Waals surface area contributed by atoms with Gasteiger partial charge in [0.1, 0.15) is 0 Å². The van der Waals surface area contributed by atoms with Crippen LogP contribution in [0.5, 0.6) is 0 Å². The molecule has 3 rings (SSSR count). The van der Waals surface area contributed by atoms with Crippen molar-refractivity contribution in [1.82, 2.24) is 14.9 Å². The number of carbonyl (C=O) groups is 1. The Balaban J connectivity index is 1.80. The number of amides is 1. The molecule has 1 atom stereocenters. The monoisotopic (exact) mass is 365 g/mol. The summed E-state index contributed by atoms with van der Waals surface area (Å²) in [4.78, 5) is 22.8. The molecule has 1 amide bonds. The molecule has 1 aromatic heterocycles. The standard InChI is InChI=1S/C21H20ClN3O/c1-25(15-19-14-23-10-11-24-19)21(26)13-20(16-6-3-2-4-7-16)17-8-5-9-18(22)12-17/h2-12,14,20H,13,15H2,1H3. The van der Waals surface area contributed by atoms with Crippen molar-refractivity contribution in [1.29, 1.82) is 0 Å². The smallest absolute Gasteiger partial charge is 0.223 e. The van der Waals surface area contributed by atoms with Crippen molar-refractivity contribution < 1.29 is 4.79 Å². The first-order valence-corrected chi connectivity index (χ1v) is 8.80. The second kappa shape index (κ2) is 8.59. The molecule has 3 aromatic rings. The molecule has 0 radical (unpaired) electrons. The molecule has 0 spiro atoms. The number of rotatable bonds is 6. The maximum atomic E-state index is 12.8. The second-order valence-electron chi connectivity index (χ2n) is 6.17. The predicted molar refractivity (Wildman–Crippen MR) is 103 cm³/mol. The van der Waals surface area contributed by atoms with Crippen molar-refractivity contribution in [3.05, 3.63) is 95.0 Å². The van der Waals surface area contributed by atoms with Gasteiger partial charge in [0.2, 0.25) is 5.91 Å². The fourth-order valence-corrected chi connectivity index (χ4v) is 3.11. The number of nitrogens with zero attached hydrogens (tertiary/aromatic N) is 3. The summed E-state index contributed by atoms with van der Waals surface area (Å²) in [5.74, 6) is -0.00353. The Kier molecular flexibility index (Phi) is 5.97. The summed E-state index contributed by atoms with van der Waals surface area (Å²) in [6.45, 7) is 0.434. The highest BCUT2D eigenvalue weighted by Gasteiger charge is 2.21. The summed E-state index contributed by atoms with van der Waals surface area (Å²) in [6, 6.07) is 17.7. The molecule has 4 nitrogen and oxygen atoms in total. The van der Waals surface area contributed by atoms with Gasteiger partial charge >= 0.3 is 0 Å². The Labute approximate surface area is 158 Å². The zero-order valence-electron chi connectivity index (χ0n) is 14.5. The molecule has 0 saturated heterocycles. The highest BCUT2D eigenvalue weighted by molar-refractivity contribution is 6.30. The van der Waals surface area contributed by atoms with E-state index in [0.29, 0.717) is 18.0 Å². The summed E-state index contributed by atoms with van der Waals surface area (Å²) < 4.78 is 0. The summed E-state index contributed by atoms with van der Waals surface area (Å²) in [7, 11) is 1.79. The zero-order chi connectivity index (χ0) is 18.4. The average Bonchev–Trinajstić information content (AvgIpc) is 2.67. The van der Waals surface area contributed by atoms with Crippen LogP contribution in [0.25, 0.3) is 0 Å². The first-order valence-electron chi connectivity index (χ1n) is 8.43. The molecule has 2 aromatic carbocycles. The van der Waals surface area contributed by atoms with E-state index in [0.717, 1.165) is 16.8 Å². The molecular formula is C21H20ClN3O. The number of halogens is 1. The number of hydrogen-bond acceptors (Lipinski definition) is 3. The van der Waals surface area contributed by atoms with E-state index in [2.05, 4.69) is 9.97 Å². The second-order valence-corrected chi connectivity index (χ2v) is 6.61. The van der Waals surface area contributed by atoms with Crippen molar-refractivity contribution >= 4 is 17.5 Å². The Hall–Kier alpha value is -2.72. The molecule has 0 fully saturated rings. The van der Waals surface area contributed by atoms with Crippen LogP contribution in [0.2, 0.25) is 5.02 Å². The van der Waals surface area contributed by atoms with Gasteiger partial charge in [-0.3, -0.25) is 14.8 Å². The average molecular weight is 366 g/mol. The van der Waals surface area contributed by atoms with E-state index in [1.54, 1.807) is 30.5 Å². The van der Waals surface area contributed by atoms with Gasteiger partial charge in [0.05, 0.1) is 18.4 Å². The Morgan fingerprint density at radius 1 is 1.08 bits per heavy atom. The van der Waals surface area contributed by atoms with E-state index in [4.69, 9.17) is 11.6 Å². The van der Waals surface area contributed by atoms with Crippen molar-refractivity contribution in [2.24, 2.45) is 0 Å². The quantitative estimate of drug-likeness (QED) is 0.653. The highest BCUT2D eigenvalue weighted by atomic mass is 35.5. The van der Waals surface area contributed by atoms with Crippen LogP contribution in [0.4, 0.5) is 0 Å². The van der Waals surface area contributed by atoms with E-state index in [1.807, 2.05) is 54.6 Å². The van der Waals surface area contributed by atoms with Gasteiger partial charge in [-0.2, -0.15) is 0 Å². The van der Waals surface area contributed by atoms with E-state index < -0.39 is 0 Å². The molecule has 132 valence electrons. The zero-order valence-corrected chi connectivity index (χ0v) is 15.3. The molecule has 1 heterocycles. The normalized spacial score (nSPS) is 11.8. The predicted octanol–water partition coefficient (Wildman–Crippen LogP) is 4.31. The molecule has 26 heavy (non-hydrogen) atoms. The summed E-state index contributed by atoms with van der Waals surface area (Å²) in [5, 5.41) is 0.670. The van der Waals surface area contributed by atoms with Crippen molar-refractivity contribution in [3.63, 3.8) is 0 Å². The lowest BCUT2D eigenvalue weighted by Crippen LogP contribution is -2.28.